The zero-order chi connectivity index (χ0) is 15.4. The van der Waals surface area contributed by atoms with Gasteiger partial charge in [0.05, 0.1) is 11.0 Å². The van der Waals surface area contributed by atoms with Crippen LogP contribution >= 0.6 is 0 Å². The minimum atomic E-state index is -0.786. The van der Waals surface area contributed by atoms with Crippen molar-refractivity contribution in [1.29, 1.82) is 0 Å². The predicted molar refractivity (Wildman–Crippen MR) is 82.1 cm³/mol. The second kappa shape index (κ2) is 6.33. The van der Waals surface area contributed by atoms with Crippen molar-refractivity contribution in [3.8, 4) is 0 Å². The number of aliphatic hydroxyl groups is 1. The Morgan fingerprint density at radius 1 is 1.10 bits per heavy atom. The van der Waals surface area contributed by atoms with Gasteiger partial charge >= 0.3 is 0 Å². The molecule has 0 radical (unpaired) electrons. The van der Waals surface area contributed by atoms with E-state index < -0.39 is 11.0 Å². The SMILES string of the molecule is C=C(C)[C@H](c1ccccc1)[C@H](O)c1ccc([N+](=O)[O-])cc1. The first-order valence-electron chi connectivity index (χ1n) is 6.63. The van der Waals surface area contributed by atoms with E-state index in [4.69, 9.17) is 0 Å². The summed E-state index contributed by atoms with van der Waals surface area (Å²) >= 11 is 0. The van der Waals surface area contributed by atoms with E-state index in [0.29, 0.717) is 5.56 Å². The number of hydrogen-bond acceptors (Lipinski definition) is 3. The van der Waals surface area contributed by atoms with Crippen molar-refractivity contribution < 1.29 is 10.0 Å². The molecule has 2 rings (SSSR count). The molecule has 0 aromatic heterocycles. The van der Waals surface area contributed by atoms with Gasteiger partial charge in [-0.1, -0.05) is 42.5 Å². The highest BCUT2D eigenvalue weighted by Gasteiger charge is 2.23. The highest BCUT2D eigenvalue weighted by Crippen LogP contribution is 2.36. The van der Waals surface area contributed by atoms with Gasteiger partial charge < -0.3 is 5.11 Å². The van der Waals surface area contributed by atoms with Crippen LogP contribution in [0.2, 0.25) is 0 Å². The summed E-state index contributed by atoms with van der Waals surface area (Å²) in [5, 5.41) is 21.3. The minimum absolute atomic E-state index is 0.0116. The van der Waals surface area contributed by atoms with E-state index in [-0.39, 0.29) is 11.6 Å². The fourth-order valence-electron chi connectivity index (χ4n) is 2.38. The van der Waals surface area contributed by atoms with Gasteiger partial charge in [0.15, 0.2) is 0 Å². The smallest absolute Gasteiger partial charge is 0.269 e. The van der Waals surface area contributed by atoms with Crippen LogP contribution < -0.4 is 0 Å². The van der Waals surface area contributed by atoms with Crippen LogP contribution in [0.5, 0.6) is 0 Å². The molecule has 0 fully saturated rings. The monoisotopic (exact) mass is 283 g/mol. The van der Waals surface area contributed by atoms with Crippen molar-refractivity contribution >= 4 is 5.69 Å². The Kier molecular flexibility index (Phi) is 4.50. The largest absolute Gasteiger partial charge is 0.387 e. The summed E-state index contributed by atoms with van der Waals surface area (Å²) in [5.41, 5.74) is 2.46. The molecule has 2 atom stereocenters. The molecule has 0 heterocycles. The van der Waals surface area contributed by atoms with Crippen LogP contribution in [0, 0.1) is 10.1 Å². The van der Waals surface area contributed by atoms with Gasteiger partial charge in [0, 0.05) is 18.1 Å². The first kappa shape index (κ1) is 14.9. The van der Waals surface area contributed by atoms with Crippen LogP contribution in [-0.4, -0.2) is 10.0 Å². The molecule has 0 spiro atoms. The van der Waals surface area contributed by atoms with Gasteiger partial charge in [0.2, 0.25) is 0 Å². The fourth-order valence-corrected chi connectivity index (χ4v) is 2.38. The van der Waals surface area contributed by atoms with E-state index in [2.05, 4.69) is 6.58 Å². The molecule has 0 aliphatic rings. The predicted octanol–water partition coefficient (Wildman–Crippen LogP) is 3.99. The average molecular weight is 283 g/mol. The maximum atomic E-state index is 10.7. The van der Waals surface area contributed by atoms with Crippen molar-refractivity contribution in [2.45, 2.75) is 18.9 Å². The Balaban J connectivity index is 2.33. The molecule has 108 valence electrons. The number of nitrogens with zero attached hydrogens (tertiary/aromatic N) is 1. The summed E-state index contributed by atoms with van der Waals surface area (Å²) in [5.74, 6) is -0.243. The topological polar surface area (TPSA) is 63.4 Å². The number of rotatable bonds is 5. The molecular formula is C17H17NO3. The molecule has 0 unspecified atom stereocenters. The zero-order valence-corrected chi connectivity index (χ0v) is 11.8. The molecule has 0 amide bonds. The average Bonchev–Trinajstić information content (AvgIpc) is 2.48. The number of hydrogen-bond donors (Lipinski definition) is 1. The molecule has 21 heavy (non-hydrogen) atoms. The molecule has 1 N–H and O–H groups in total. The van der Waals surface area contributed by atoms with Crippen LogP contribution in [0.1, 0.15) is 30.1 Å². The van der Waals surface area contributed by atoms with Crippen molar-refractivity contribution in [2.24, 2.45) is 0 Å². The van der Waals surface area contributed by atoms with Gasteiger partial charge in [-0.05, 0) is 30.2 Å². The highest BCUT2D eigenvalue weighted by atomic mass is 16.6. The van der Waals surface area contributed by atoms with Gasteiger partial charge in [-0.25, -0.2) is 0 Å². The van der Waals surface area contributed by atoms with Gasteiger partial charge in [-0.3, -0.25) is 10.1 Å². The molecule has 0 saturated heterocycles. The third-order valence-electron chi connectivity index (χ3n) is 3.45. The quantitative estimate of drug-likeness (QED) is 0.512. The normalized spacial score (nSPS) is 13.4. The fraction of sp³-hybridized carbons (Fsp3) is 0.176. The molecule has 4 nitrogen and oxygen atoms in total. The molecule has 0 aliphatic heterocycles. The maximum Gasteiger partial charge on any atom is 0.269 e. The van der Waals surface area contributed by atoms with Crippen LogP contribution in [0.3, 0.4) is 0 Å². The Labute approximate surface area is 123 Å². The van der Waals surface area contributed by atoms with Crippen molar-refractivity contribution in [2.75, 3.05) is 0 Å². The molecule has 2 aromatic carbocycles. The highest BCUT2D eigenvalue weighted by molar-refractivity contribution is 5.37. The summed E-state index contributed by atoms with van der Waals surface area (Å²) in [6.45, 7) is 5.82. The lowest BCUT2D eigenvalue weighted by molar-refractivity contribution is -0.384. The van der Waals surface area contributed by atoms with Crippen LogP contribution in [0.15, 0.2) is 66.7 Å². The summed E-state index contributed by atoms with van der Waals surface area (Å²) in [4.78, 5) is 10.2. The van der Waals surface area contributed by atoms with Gasteiger partial charge in [0.1, 0.15) is 0 Å². The van der Waals surface area contributed by atoms with E-state index in [9.17, 15) is 15.2 Å². The van der Waals surface area contributed by atoms with E-state index in [0.717, 1.165) is 11.1 Å². The first-order valence-corrected chi connectivity index (χ1v) is 6.63. The van der Waals surface area contributed by atoms with E-state index in [1.165, 1.54) is 12.1 Å². The standard InChI is InChI=1S/C17H17NO3/c1-12(2)16(13-6-4-3-5-7-13)17(19)14-8-10-15(11-9-14)18(20)21/h3-11,16-17,19H,1H2,2H3/t16-,17-/m1/s1. The lowest BCUT2D eigenvalue weighted by Crippen LogP contribution is -2.12. The Morgan fingerprint density at radius 2 is 1.67 bits per heavy atom. The summed E-state index contributed by atoms with van der Waals surface area (Å²) < 4.78 is 0. The number of nitro groups is 1. The lowest BCUT2D eigenvalue weighted by atomic mass is 9.84. The number of non-ortho nitro benzene ring substituents is 1. The number of nitro benzene ring substituents is 1. The van der Waals surface area contributed by atoms with Gasteiger partial charge in [-0.2, -0.15) is 0 Å². The molecule has 2 aromatic rings. The van der Waals surface area contributed by atoms with Crippen LogP contribution in [0.4, 0.5) is 5.69 Å². The third kappa shape index (κ3) is 3.35. The Bertz CT molecular complexity index is 635. The summed E-state index contributed by atoms with van der Waals surface area (Å²) in [6.07, 6.45) is -0.786. The number of benzene rings is 2. The van der Waals surface area contributed by atoms with Crippen molar-refractivity contribution in [3.63, 3.8) is 0 Å². The number of aliphatic hydroxyl groups excluding tert-OH is 1. The minimum Gasteiger partial charge on any atom is -0.387 e. The van der Waals surface area contributed by atoms with Crippen molar-refractivity contribution in [3.05, 3.63) is 88.0 Å². The molecular weight excluding hydrogens is 266 g/mol. The summed E-state index contributed by atoms with van der Waals surface area (Å²) in [7, 11) is 0. The molecule has 4 heteroatoms. The second-order valence-electron chi connectivity index (χ2n) is 5.03. The molecule has 0 aliphatic carbocycles. The molecule has 0 bridgehead atoms. The van der Waals surface area contributed by atoms with E-state index in [1.807, 2.05) is 37.3 Å². The molecule has 0 saturated carbocycles. The second-order valence-corrected chi connectivity index (χ2v) is 5.03. The Hall–Kier alpha value is -2.46. The van der Waals surface area contributed by atoms with Crippen LogP contribution in [-0.2, 0) is 0 Å². The zero-order valence-electron chi connectivity index (χ0n) is 11.8. The van der Waals surface area contributed by atoms with E-state index in [1.54, 1.807) is 12.1 Å². The van der Waals surface area contributed by atoms with Gasteiger partial charge in [-0.15, -0.1) is 0 Å². The third-order valence-corrected chi connectivity index (χ3v) is 3.45. The van der Waals surface area contributed by atoms with Gasteiger partial charge in [0.25, 0.3) is 5.69 Å². The van der Waals surface area contributed by atoms with Crippen molar-refractivity contribution in [1.82, 2.24) is 0 Å². The summed E-state index contributed by atoms with van der Waals surface area (Å²) in [6, 6.07) is 15.6. The van der Waals surface area contributed by atoms with E-state index >= 15 is 0 Å². The first-order chi connectivity index (χ1) is 10.0. The van der Waals surface area contributed by atoms with Crippen LogP contribution in [0.25, 0.3) is 0 Å². The Morgan fingerprint density at radius 3 is 2.14 bits per heavy atom. The maximum absolute atomic E-state index is 10.7. The lowest BCUT2D eigenvalue weighted by Gasteiger charge is -2.24.